The highest BCUT2D eigenvalue weighted by Gasteiger charge is 2.32. The monoisotopic (exact) mass is 228 g/mol. The molecule has 0 aromatic carbocycles. The lowest BCUT2D eigenvalue weighted by Gasteiger charge is -1.97. The van der Waals surface area contributed by atoms with Gasteiger partial charge in [-0.05, 0) is 0 Å². The van der Waals surface area contributed by atoms with Gasteiger partial charge in [-0.2, -0.15) is 26.3 Å². The fraction of sp³-hybridized carbons (Fsp3) is 0.333. The SMILES string of the molecule is C=C(F)C(F)(F)F.F/C=C\C(F)(F)F. The Bertz CT molecular complexity index is 195. The minimum Gasteiger partial charge on any atom is -0.216 e. The molecule has 0 bridgehead atoms. The second-order valence-corrected chi connectivity index (χ2v) is 1.74. The fourth-order valence-corrected chi connectivity index (χ4v) is 0.0714. The molecular weight excluding hydrogens is 224 g/mol. The van der Waals surface area contributed by atoms with Crippen LogP contribution < -0.4 is 0 Å². The van der Waals surface area contributed by atoms with Gasteiger partial charge in [0.25, 0.3) is 0 Å². The summed E-state index contributed by atoms with van der Waals surface area (Å²) in [7, 11) is 0. The number of hydrogen-bond donors (Lipinski definition) is 0. The van der Waals surface area contributed by atoms with Gasteiger partial charge in [0.2, 0.25) is 0 Å². The standard InChI is InChI=1S/2C3H2F4/c1-2(4)3(5,6)7;4-2-1-3(5,6)7/h1H2;1-2H/b;2-1-. The van der Waals surface area contributed by atoms with E-state index < -0.39 is 30.6 Å². The van der Waals surface area contributed by atoms with E-state index >= 15 is 0 Å². The zero-order valence-corrected chi connectivity index (χ0v) is 6.39. The molecule has 0 saturated carbocycles. The summed E-state index contributed by atoms with van der Waals surface area (Å²) in [6.45, 7) is 2.03. The molecule has 8 heteroatoms. The van der Waals surface area contributed by atoms with Gasteiger partial charge in [0.15, 0.2) is 5.83 Å². The van der Waals surface area contributed by atoms with Crippen molar-refractivity contribution in [2.75, 3.05) is 0 Å². The predicted molar refractivity (Wildman–Crippen MR) is 32.6 cm³/mol. The van der Waals surface area contributed by atoms with Crippen molar-refractivity contribution in [1.29, 1.82) is 0 Å². The van der Waals surface area contributed by atoms with Gasteiger partial charge in [0, 0.05) is 6.08 Å². The van der Waals surface area contributed by atoms with E-state index in [4.69, 9.17) is 0 Å². The zero-order chi connectivity index (χ0) is 12.0. The second-order valence-electron chi connectivity index (χ2n) is 1.74. The van der Waals surface area contributed by atoms with Gasteiger partial charge in [0.1, 0.15) is 0 Å². The maximum absolute atomic E-state index is 10.9. The first-order valence-corrected chi connectivity index (χ1v) is 2.77. The number of rotatable bonds is 0. The van der Waals surface area contributed by atoms with Gasteiger partial charge in [-0.15, -0.1) is 0 Å². The lowest BCUT2D eigenvalue weighted by atomic mass is 10.6. The van der Waals surface area contributed by atoms with Gasteiger partial charge >= 0.3 is 12.4 Å². The van der Waals surface area contributed by atoms with Gasteiger partial charge in [-0.1, -0.05) is 6.58 Å². The molecule has 0 heterocycles. The molecule has 0 aliphatic carbocycles. The molecule has 0 N–H and O–H groups in total. The van der Waals surface area contributed by atoms with Crippen LogP contribution in [0.3, 0.4) is 0 Å². The molecular formula is C6H4F8. The lowest BCUT2D eigenvalue weighted by Crippen LogP contribution is -2.05. The molecule has 0 amide bonds. The summed E-state index contributed by atoms with van der Waals surface area (Å²) < 4.78 is 85.8. The number of hydrogen-bond acceptors (Lipinski definition) is 0. The minimum absolute atomic E-state index is 0.479. The first kappa shape index (κ1) is 15.4. The summed E-state index contributed by atoms with van der Waals surface area (Å²) >= 11 is 0. The highest BCUT2D eigenvalue weighted by atomic mass is 19.4. The summed E-state index contributed by atoms with van der Waals surface area (Å²) in [5.74, 6) is -2.26. The number of allylic oxidation sites excluding steroid dienone is 2. The van der Waals surface area contributed by atoms with Crippen molar-refractivity contribution in [3.63, 3.8) is 0 Å². The molecule has 0 aromatic heterocycles. The van der Waals surface area contributed by atoms with E-state index in [2.05, 4.69) is 0 Å². The third-order valence-corrected chi connectivity index (χ3v) is 0.560. The molecule has 0 nitrogen and oxygen atoms in total. The fourth-order valence-electron chi connectivity index (χ4n) is 0.0714. The molecule has 0 radical (unpaired) electrons. The van der Waals surface area contributed by atoms with E-state index in [-0.39, 0.29) is 0 Å². The molecule has 84 valence electrons. The molecule has 0 aliphatic heterocycles. The molecule has 0 spiro atoms. The number of alkyl halides is 6. The maximum atomic E-state index is 10.9. The van der Waals surface area contributed by atoms with Crippen molar-refractivity contribution >= 4 is 0 Å². The average molecular weight is 228 g/mol. The van der Waals surface area contributed by atoms with E-state index in [1.54, 1.807) is 0 Å². The van der Waals surface area contributed by atoms with Crippen LogP contribution in [0.25, 0.3) is 0 Å². The van der Waals surface area contributed by atoms with E-state index in [1.807, 2.05) is 6.58 Å². The third-order valence-electron chi connectivity index (χ3n) is 0.560. The highest BCUT2D eigenvalue weighted by Crippen LogP contribution is 2.23. The van der Waals surface area contributed by atoms with Gasteiger partial charge in [0.05, 0.1) is 6.33 Å². The first-order chi connectivity index (χ1) is 6.00. The zero-order valence-electron chi connectivity index (χ0n) is 6.39. The Hall–Kier alpha value is -1.08. The Morgan fingerprint density at radius 3 is 1.29 bits per heavy atom. The van der Waals surface area contributed by atoms with Crippen LogP contribution >= 0.6 is 0 Å². The Morgan fingerprint density at radius 1 is 1.00 bits per heavy atom. The molecule has 0 unspecified atom stereocenters. The first-order valence-electron chi connectivity index (χ1n) is 2.77. The van der Waals surface area contributed by atoms with Crippen molar-refractivity contribution in [3.8, 4) is 0 Å². The summed E-state index contributed by atoms with van der Waals surface area (Å²) in [4.78, 5) is 0. The molecule has 0 aromatic rings. The van der Waals surface area contributed by atoms with Crippen LogP contribution in [0.5, 0.6) is 0 Å². The predicted octanol–water partition coefficient (Wildman–Crippen LogP) is 4.06. The maximum Gasteiger partial charge on any atom is 0.442 e. The quantitative estimate of drug-likeness (QED) is 0.548. The molecule has 0 rings (SSSR count). The van der Waals surface area contributed by atoms with Crippen LogP contribution in [0.4, 0.5) is 35.1 Å². The van der Waals surface area contributed by atoms with E-state index in [0.29, 0.717) is 0 Å². The van der Waals surface area contributed by atoms with Crippen LogP contribution in [0.15, 0.2) is 24.8 Å². The average Bonchev–Trinajstić information content (AvgIpc) is 1.82. The van der Waals surface area contributed by atoms with Gasteiger partial charge in [-0.3, -0.25) is 0 Å². The van der Waals surface area contributed by atoms with Crippen molar-refractivity contribution in [3.05, 3.63) is 24.8 Å². The highest BCUT2D eigenvalue weighted by molar-refractivity contribution is 4.88. The molecule has 0 atom stereocenters. The van der Waals surface area contributed by atoms with Crippen molar-refractivity contribution < 1.29 is 35.1 Å². The summed E-state index contributed by atoms with van der Waals surface area (Å²) in [6, 6.07) is 0. The van der Waals surface area contributed by atoms with Crippen LogP contribution in [-0.2, 0) is 0 Å². The van der Waals surface area contributed by atoms with Crippen LogP contribution in [0, 0.1) is 0 Å². The van der Waals surface area contributed by atoms with E-state index in [1.165, 1.54) is 0 Å². The normalized spacial score (nSPS) is 12.3. The second kappa shape index (κ2) is 5.61. The van der Waals surface area contributed by atoms with E-state index in [0.717, 1.165) is 0 Å². The summed E-state index contributed by atoms with van der Waals surface area (Å²) in [5.41, 5.74) is 0. The number of halogens is 8. The molecule has 14 heavy (non-hydrogen) atoms. The third kappa shape index (κ3) is 13.5. The van der Waals surface area contributed by atoms with Crippen molar-refractivity contribution in [2.45, 2.75) is 12.4 Å². The molecule has 0 fully saturated rings. The van der Waals surface area contributed by atoms with Crippen LogP contribution in [0.1, 0.15) is 0 Å². The summed E-state index contributed by atoms with van der Waals surface area (Å²) in [6.07, 6.45) is -10.4. The smallest absolute Gasteiger partial charge is 0.216 e. The Morgan fingerprint density at radius 2 is 1.29 bits per heavy atom. The van der Waals surface area contributed by atoms with Gasteiger partial charge < -0.3 is 0 Å². The topological polar surface area (TPSA) is 0 Å². The Balaban J connectivity index is 0. The van der Waals surface area contributed by atoms with Crippen molar-refractivity contribution in [2.24, 2.45) is 0 Å². The molecule has 0 aliphatic rings. The Kier molecular flexibility index (Phi) is 6.17. The molecule has 0 saturated heterocycles. The Labute approximate surface area is 73.5 Å². The minimum atomic E-state index is -4.86. The van der Waals surface area contributed by atoms with E-state index in [9.17, 15) is 35.1 Å². The van der Waals surface area contributed by atoms with Gasteiger partial charge in [-0.25, -0.2) is 8.78 Å². The van der Waals surface area contributed by atoms with Crippen LogP contribution in [0.2, 0.25) is 0 Å². The van der Waals surface area contributed by atoms with Crippen LogP contribution in [-0.4, -0.2) is 12.4 Å². The summed E-state index contributed by atoms with van der Waals surface area (Å²) in [5, 5.41) is 0. The largest absolute Gasteiger partial charge is 0.442 e. The lowest BCUT2D eigenvalue weighted by molar-refractivity contribution is -0.108. The van der Waals surface area contributed by atoms with Crippen molar-refractivity contribution in [1.82, 2.24) is 0 Å².